The van der Waals surface area contributed by atoms with Gasteiger partial charge in [0.1, 0.15) is 18.4 Å². The van der Waals surface area contributed by atoms with Crippen molar-refractivity contribution in [3.63, 3.8) is 0 Å². The number of amides is 1. The molecule has 2 heterocycles. The first-order valence-electron chi connectivity index (χ1n) is 5.14. The van der Waals surface area contributed by atoms with Gasteiger partial charge in [-0.1, -0.05) is 0 Å². The summed E-state index contributed by atoms with van der Waals surface area (Å²) in [6.07, 6.45) is 3.21. The molecule has 0 N–H and O–H groups in total. The van der Waals surface area contributed by atoms with E-state index in [1.165, 1.54) is 0 Å². The molecule has 2 aromatic rings. The molecule has 1 aromatic carbocycles. The lowest BCUT2D eigenvalue weighted by molar-refractivity contribution is -0.120. The Morgan fingerprint density at radius 2 is 2.06 bits per heavy atom. The largest absolute Gasteiger partial charge is 0.482 e. The zero-order chi connectivity index (χ0) is 11.8. The highest BCUT2D eigenvalue weighted by atomic mass is 16.5. The highest BCUT2D eigenvalue weighted by Gasteiger charge is 2.22. The van der Waals surface area contributed by atoms with E-state index in [0.717, 1.165) is 11.4 Å². The molecule has 0 unspecified atom stereocenters. The average Bonchev–Trinajstić information content (AvgIpc) is 2.87. The summed E-state index contributed by atoms with van der Waals surface area (Å²) in [5, 5.41) is 7.49. The van der Waals surface area contributed by atoms with Crippen molar-refractivity contribution in [1.29, 1.82) is 0 Å². The van der Waals surface area contributed by atoms with E-state index in [1.807, 2.05) is 18.2 Å². The molecule has 1 aliphatic rings. The lowest BCUT2D eigenvalue weighted by Crippen LogP contribution is -2.35. The number of carbonyl (C=O) groups is 1. The van der Waals surface area contributed by atoms with Crippen molar-refractivity contribution in [1.82, 2.24) is 14.8 Å². The molecule has 0 saturated carbocycles. The minimum Gasteiger partial charge on any atom is -0.482 e. The predicted molar refractivity (Wildman–Crippen MR) is 60.3 cm³/mol. The van der Waals surface area contributed by atoms with Gasteiger partial charge in [-0.3, -0.25) is 9.36 Å². The van der Waals surface area contributed by atoms with Crippen LogP contribution in [0.25, 0.3) is 5.69 Å². The molecular weight excluding hydrogens is 220 g/mol. The van der Waals surface area contributed by atoms with Gasteiger partial charge in [0, 0.05) is 7.05 Å². The van der Waals surface area contributed by atoms with E-state index in [2.05, 4.69) is 10.2 Å². The summed E-state index contributed by atoms with van der Waals surface area (Å²) in [5.41, 5.74) is 1.64. The molecule has 0 atom stereocenters. The molecule has 17 heavy (non-hydrogen) atoms. The van der Waals surface area contributed by atoms with Gasteiger partial charge in [0.05, 0.1) is 11.4 Å². The quantitative estimate of drug-likeness (QED) is 0.720. The monoisotopic (exact) mass is 230 g/mol. The van der Waals surface area contributed by atoms with Gasteiger partial charge in [0.15, 0.2) is 6.61 Å². The Kier molecular flexibility index (Phi) is 2.07. The summed E-state index contributed by atoms with van der Waals surface area (Å²) >= 11 is 0. The molecule has 0 saturated heterocycles. The van der Waals surface area contributed by atoms with Crippen LogP contribution in [0.3, 0.4) is 0 Å². The number of aromatic nitrogens is 3. The van der Waals surface area contributed by atoms with Crippen molar-refractivity contribution in [2.75, 3.05) is 18.6 Å². The van der Waals surface area contributed by atoms with Gasteiger partial charge in [-0.05, 0) is 18.2 Å². The molecule has 6 nitrogen and oxygen atoms in total. The molecule has 1 aliphatic heterocycles. The third-order valence-electron chi connectivity index (χ3n) is 2.75. The van der Waals surface area contributed by atoms with Crippen LogP contribution in [0, 0.1) is 0 Å². The topological polar surface area (TPSA) is 60.2 Å². The summed E-state index contributed by atoms with van der Waals surface area (Å²) in [6.45, 7) is 0.0927. The summed E-state index contributed by atoms with van der Waals surface area (Å²) in [4.78, 5) is 13.1. The Hall–Kier alpha value is -2.37. The van der Waals surface area contributed by atoms with Crippen molar-refractivity contribution >= 4 is 11.6 Å². The fourth-order valence-corrected chi connectivity index (χ4v) is 1.76. The zero-order valence-corrected chi connectivity index (χ0v) is 9.20. The second-order valence-electron chi connectivity index (χ2n) is 3.76. The van der Waals surface area contributed by atoms with Crippen molar-refractivity contribution in [3.8, 4) is 11.4 Å². The van der Waals surface area contributed by atoms with Gasteiger partial charge in [-0.15, -0.1) is 10.2 Å². The minimum atomic E-state index is -0.0570. The maximum absolute atomic E-state index is 11.5. The Morgan fingerprint density at radius 3 is 2.82 bits per heavy atom. The van der Waals surface area contributed by atoms with Crippen LogP contribution >= 0.6 is 0 Å². The Balaban J connectivity index is 2.09. The summed E-state index contributed by atoms with van der Waals surface area (Å²) < 4.78 is 7.12. The first kappa shape index (κ1) is 9.83. The van der Waals surface area contributed by atoms with Crippen LogP contribution in [-0.4, -0.2) is 34.3 Å². The van der Waals surface area contributed by atoms with E-state index in [1.54, 1.807) is 29.2 Å². The molecular formula is C11H10N4O2. The maximum atomic E-state index is 11.5. The van der Waals surface area contributed by atoms with E-state index in [9.17, 15) is 4.79 Å². The average molecular weight is 230 g/mol. The Labute approximate surface area is 97.4 Å². The first-order valence-corrected chi connectivity index (χ1v) is 5.14. The molecule has 0 radical (unpaired) electrons. The number of nitrogens with zero attached hydrogens (tertiary/aromatic N) is 4. The fraction of sp³-hybridized carbons (Fsp3) is 0.182. The van der Waals surface area contributed by atoms with Crippen LogP contribution in [0.4, 0.5) is 5.69 Å². The minimum absolute atomic E-state index is 0.0570. The van der Waals surface area contributed by atoms with Gasteiger partial charge in [-0.2, -0.15) is 0 Å². The standard InChI is InChI=1S/C11H10N4O2/c1-14-9-4-8(15-6-12-13-7-15)2-3-10(9)17-5-11(14)16/h2-4,6-7H,5H2,1H3. The van der Waals surface area contributed by atoms with Crippen molar-refractivity contribution < 1.29 is 9.53 Å². The number of rotatable bonds is 1. The highest BCUT2D eigenvalue weighted by molar-refractivity contribution is 5.97. The lowest BCUT2D eigenvalue weighted by atomic mass is 10.2. The normalized spacial score (nSPS) is 14.4. The van der Waals surface area contributed by atoms with Crippen LogP contribution in [0.5, 0.6) is 5.75 Å². The number of hydrogen-bond acceptors (Lipinski definition) is 4. The molecule has 0 fully saturated rings. The zero-order valence-electron chi connectivity index (χ0n) is 9.20. The van der Waals surface area contributed by atoms with Crippen LogP contribution in [0.2, 0.25) is 0 Å². The SMILES string of the molecule is CN1C(=O)COc2ccc(-n3cnnc3)cc21. The molecule has 1 aromatic heterocycles. The van der Waals surface area contributed by atoms with Crippen molar-refractivity contribution in [3.05, 3.63) is 30.9 Å². The summed E-state index contributed by atoms with van der Waals surface area (Å²) in [6, 6.07) is 5.61. The molecule has 0 spiro atoms. The number of carbonyl (C=O) groups excluding carboxylic acids is 1. The molecule has 86 valence electrons. The third-order valence-corrected chi connectivity index (χ3v) is 2.75. The molecule has 3 rings (SSSR count). The summed E-state index contributed by atoms with van der Waals surface area (Å²) in [7, 11) is 1.74. The number of benzene rings is 1. The highest BCUT2D eigenvalue weighted by Crippen LogP contribution is 2.32. The number of ether oxygens (including phenoxy) is 1. The second-order valence-corrected chi connectivity index (χ2v) is 3.76. The van der Waals surface area contributed by atoms with Gasteiger partial charge in [0.2, 0.25) is 0 Å². The molecule has 0 bridgehead atoms. The lowest BCUT2D eigenvalue weighted by Gasteiger charge is -2.26. The maximum Gasteiger partial charge on any atom is 0.264 e. The van der Waals surface area contributed by atoms with Crippen LogP contribution < -0.4 is 9.64 Å². The first-order chi connectivity index (χ1) is 8.25. The molecule has 1 amide bonds. The smallest absolute Gasteiger partial charge is 0.264 e. The number of anilines is 1. The van der Waals surface area contributed by atoms with Crippen LogP contribution in [0.15, 0.2) is 30.9 Å². The van der Waals surface area contributed by atoms with Crippen LogP contribution in [-0.2, 0) is 4.79 Å². The molecule has 6 heteroatoms. The number of likely N-dealkylation sites (N-methyl/N-ethyl adjacent to an activating group) is 1. The second kappa shape index (κ2) is 3.58. The van der Waals surface area contributed by atoms with Crippen LogP contribution in [0.1, 0.15) is 0 Å². The Bertz CT molecular complexity index is 565. The van der Waals surface area contributed by atoms with Gasteiger partial charge < -0.3 is 9.64 Å². The van der Waals surface area contributed by atoms with Gasteiger partial charge in [0.25, 0.3) is 5.91 Å². The van der Waals surface area contributed by atoms with Crippen molar-refractivity contribution in [2.45, 2.75) is 0 Å². The van der Waals surface area contributed by atoms with Gasteiger partial charge >= 0.3 is 0 Å². The number of hydrogen-bond donors (Lipinski definition) is 0. The Morgan fingerprint density at radius 1 is 1.29 bits per heavy atom. The van der Waals surface area contributed by atoms with E-state index in [4.69, 9.17) is 4.74 Å². The van der Waals surface area contributed by atoms with E-state index in [-0.39, 0.29) is 12.5 Å². The van der Waals surface area contributed by atoms with E-state index in [0.29, 0.717) is 5.75 Å². The fourth-order valence-electron chi connectivity index (χ4n) is 1.76. The summed E-state index contributed by atoms with van der Waals surface area (Å²) in [5.74, 6) is 0.655. The van der Waals surface area contributed by atoms with Gasteiger partial charge in [-0.25, -0.2) is 0 Å². The van der Waals surface area contributed by atoms with E-state index < -0.39 is 0 Å². The van der Waals surface area contributed by atoms with Crippen molar-refractivity contribution in [2.24, 2.45) is 0 Å². The molecule has 0 aliphatic carbocycles. The van der Waals surface area contributed by atoms with E-state index >= 15 is 0 Å². The number of fused-ring (bicyclic) bond motifs is 1. The third kappa shape index (κ3) is 1.54. The predicted octanol–water partition coefficient (Wildman–Crippen LogP) is 0.622.